The first-order valence-electron chi connectivity index (χ1n) is 36.1. The van der Waals surface area contributed by atoms with Crippen molar-refractivity contribution < 1.29 is 4.74 Å². The van der Waals surface area contributed by atoms with Crippen molar-refractivity contribution in [2.45, 2.75) is 26.2 Å². The molecule has 0 bridgehead atoms. The van der Waals surface area contributed by atoms with E-state index in [9.17, 15) is 0 Å². The number of benzene rings is 15. The highest BCUT2D eigenvalue weighted by Gasteiger charge is 2.56. The van der Waals surface area contributed by atoms with E-state index < -0.39 is 0 Å². The number of nitrogens with zero attached hydrogens (tertiary/aromatic N) is 5. The van der Waals surface area contributed by atoms with Crippen molar-refractivity contribution in [1.29, 1.82) is 0 Å². The van der Waals surface area contributed by atoms with Crippen LogP contribution in [0.5, 0.6) is 11.5 Å². The molecule has 0 saturated carbocycles. The molecule has 0 fully saturated rings. The third-order valence-electron chi connectivity index (χ3n) is 22.8. The van der Waals surface area contributed by atoms with Gasteiger partial charge in [-0.05, 0) is 202 Å². The molecule has 103 heavy (non-hydrogen) atoms. The smallest absolute Gasteiger partial charge is 0.252 e. The quantitative estimate of drug-likeness (QED) is 0.141. The molecule has 6 nitrogen and oxygen atoms in total. The number of rotatable bonds is 8. The molecule has 0 spiro atoms. The van der Waals surface area contributed by atoms with Gasteiger partial charge in [0.05, 0.1) is 11.4 Å². The van der Waals surface area contributed by atoms with Crippen LogP contribution < -0.4 is 78.4 Å². The normalized spacial score (nSPS) is 13.9. The highest BCUT2D eigenvalue weighted by atomic mass is 16.5. The first-order valence-corrected chi connectivity index (χ1v) is 36.1. The van der Waals surface area contributed by atoms with E-state index in [-0.39, 0.29) is 25.6 Å². The molecule has 15 aromatic rings. The largest absolute Gasteiger partial charge is 0.453 e. The van der Waals surface area contributed by atoms with Crippen molar-refractivity contribution in [3.05, 3.63) is 339 Å². The predicted molar refractivity (Wildman–Crippen MR) is 434 cm³/mol. The fourth-order valence-electron chi connectivity index (χ4n) is 18.4. The standard InChI is InChI=1S/C94H64B3N5O/c1-94(2,3)67-54-82-88-83(55-67)100(70-40-24-10-25-41-70)80-57-81-75(56-74(80)95(88)72-48-63(59-28-12-4-13-29-59)44-46-78(72)98(82)68-36-20-8-21-37-68)97-77-51-66(62-34-18-7-19-35-62)53-87-92(77)102-91-76(50-65(52-86(91)103-87)61-32-16-6-17-33-61)96-73-49-64(60-30-14-5-15-31-60)45-47-79(73)99(69-38-22-9-23-39-69)84-58-85(90(97)93(102)89(84)96)101(81)71-42-26-11-27-43-71/h4-58H,1-3H3. The fraction of sp³-hybridized carbons (Fsp3) is 0.0426. The molecular formula is C94H64B3N5O. The van der Waals surface area contributed by atoms with Gasteiger partial charge in [0.15, 0.2) is 11.5 Å². The lowest BCUT2D eigenvalue weighted by Gasteiger charge is -2.53. The zero-order valence-corrected chi connectivity index (χ0v) is 57.1. The minimum absolute atomic E-state index is 0.202. The van der Waals surface area contributed by atoms with E-state index in [1.807, 2.05) is 0 Å². The summed E-state index contributed by atoms with van der Waals surface area (Å²) in [5.41, 5.74) is 38.7. The van der Waals surface area contributed by atoms with Crippen LogP contribution in [0, 0.1) is 0 Å². The van der Waals surface area contributed by atoms with Gasteiger partial charge in [-0.1, -0.05) is 257 Å². The van der Waals surface area contributed by atoms with Gasteiger partial charge >= 0.3 is 0 Å². The number of hydrogen-bond acceptors (Lipinski definition) is 6. The third-order valence-corrected chi connectivity index (χ3v) is 22.8. The van der Waals surface area contributed by atoms with Crippen LogP contribution in [-0.4, -0.2) is 20.1 Å². The molecule has 0 aromatic heterocycles. The molecule has 0 atom stereocenters. The fourth-order valence-corrected chi connectivity index (χ4v) is 18.4. The number of para-hydroxylation sites is 4. The lowest BCUT2D eigenvalue weighted by molar-refractivity contribution is 0.478. The molecular weight excluding hydrogens is 1250 g/mol. The van der Waals surface area contributed by atoms with Crippen molar-refractivity contribution in [1.82, 2.24) is 0 Å². The average Bonchev–Trinajstić information content (AvgIpc) is 0.648. The highest BCUT2D eigenvalue weighted by Crippen LogP contribution is 2.58. The lowest BCUT2D eigenvalue weighted by atomic mass is 9.27. The summed E-state index contributed by atoms with van der Waals surface area (Å²) >= 11 is 0. The Morgan fingerprint density at radius 1 is 0.223 bits per heavy atom. The minimum Gasteiger partial charge on any atom is -0.453 e. The van der Waals surface area contributed by atoms with Gasteiger partial charge in [0.1, 0.15) is 0 Å². The molecule has 0 aliphatic carbocycles. The zero-order valence-electron chi connectivity index (χ0n) is 57.1. The summed E-state index contributed by atoms with van der Waals surface area (Å²) in [6.07, 6.45) is 0. The SMILES string of the molecule is CC(C)(C)c1cc2c3c(c1)N(c1ccccc1)c1cc4c(cc1B3c1cc(-c3ccccc3)ccc1N2c1ccccc1)B1c2cc(-c3ccccc3)cc3c2N2c5c(cc(-c6ccccc6)cc5B5c6cc(-c7ccccc7)ccc6N(c6ccccc6)c6cc(c1c2c65)N4c1ccccc1)O3. The van der Waals surface area contributed by atoms with E-state index >= 15 is 0 Å². The lowest BCUT2D eigenvalue weighted by Crippen LogP contribution is -2.69. The van der Waals surface area contributed by atoms with E-state index in [4.69, 9.17) is 4.74 Å². The predicted octanol–water partition coefficient (Wildman–Crippen LogP) is 18.5. The molecule has 0 amide bonds. The summed E-state index contributed by atoms with van der Waals surface area (Å²) in [6, 6.07) is 125. The van der Waals surface area contributed by atoms with Gasteiger partial charge in [0, 0.05) is 73.9 Å². The molecule has 480 valence electrons. The van der Waals surface area contributed by atoms with E-state index in [1.54, 1.807) is 0 Å². The number of anilines is 15. The van der Waals surface area contributed by atoms with Gasteiger partial charge in [0.2, 0.25) is 0 Å². The second kappa shape index (κ2) is 21.9. The van der Waals surface area contributed by atoms with E-state index in [1.165, 1.54) is 99.7 Å². The molecule has 0 radical (unpaired) electrons. The highest BCUT2D eigenvalue weighted by molar-refractivity contribution is 7.06. The molecule has 0 unspecified atom stereocenters. The minimum atomic E-state index is -0.295. The summed E-state index contributed by atoms with van der Waals surface area (Å²) in [4.78, 5) is 13.1. The maximum absolute atomic E-state index is 7.85. The Balaban J connectivity index is 0.900. The summed E-state index contributed by atoms with van der Waals surface area (Å²) in [5.74, 6) is 1.69. The van der Waals surface area contributed by atoms with Crippen LogP contribution in [0.15, 0.2) is 334 Å². The first kappa shape index (κ1) is 58.1. The van der Waals surface area contributed by atoms with E-state index in [0.29, 0.717) is 0 Å². The Kier molecular flexibility index (Phi) is 12.4. The van der Waals surface area contributed by atoms with Crippen LogP contribution in [0.1, 0.15) is 26.3 Å². The summed E-state index contributed by atoms with van der Waals surface area (Å²) < 4.78 is 7.85. The molecule has 0 N–H and O–H groups in total. The summed E-state index contributed by atoms with van der Waals surface area (Å²) in [7, 11) is 0. The maximum Gasteiger partial charge on any atom is 0.252 e. The van der Waals surface area contributed by atoms with Crippen LogP contribution in [0.4, 0.5) is 85.3 Å². The van der Waals surface area contributed by atoms with Gasteiger partial charge in [-0.3, -0.25) is 0 Å². The number of fused-ring (bicyclic) bond motifs is 10. The average molecular weight is 1310 g/mol. The monoisotopic (exact) mass is 1310 g/mol. The Bertz CT molecular complexity index is 6040. The molecule has 22 rings (SSSR count). The Hall–Kier alpha value is -12.7. The van der Waals surface area contributed by atoms with Crippen LogP contribution >= 0.6 is 0 Å². The van der Waals surface area contributed by atoms with Crippen molar-refractivity contribution >= 4 is 155 Å². The van der Waals surface area contributed by atoms with Gasteiger partial charge in [0.25, 0.3) is 20.1 Å². The topological polar surface area (TPSA) is 25.4 Å². The van der Waals surface area contributed by atoms with Crippen LogP contribution in [0.2, 0.25) is 0 Å². The molecule has 7 aliphatic heterocycles. The van der Waals surface area contributed by atoms with Crippen LogP contribution in [0.3, 0.4) is 0 Å². The van der Waals surface area contributed by atoms with Crippen LogP contribution in [0.25, 0.3) is 44.5 Å². The molecule has 7 aliphatic rings. The van der Waals surface area contributed by atoms with Gasteiger partial charge < -0.3 is 29.2 Å². The molecule has 7 heterocycles. The van der Waals surface area contributed by atoms with Crippen molar-refractivity contribution in [2.75, 3.05) is 24.5 Å². The summed E-state index contributed by atoms with van der Waals surface area (Å²) in [6.45, 7) is 6.37. The second-order valence-electron chi connectivity index (χ2n) is 29.5. The Morgan fingerprint density at radius 3 is 0.893 bits per heavy atom. The summed E-state index contributed by atoms with van der Waals surface area (Å²) in [5, 5.41) is 0. The van der Waals surface area contributed by atoms with E-state index in [2.05, 4.69) is 379 Å². The van der Waals surface area contributed by atoms with Gasteiger partial charge in [-0.2, -0.15) is 0 Å². The van der Waals surface area contributed by atoms with Crippen molar-refractivity contribution in [2.24, 2.45) is 0 Å². The van der Waals surface area contributed by atoms with Crippen molar-refractivity contribution in [3.8, 4) is 56.0 Å². The maximum atomic E-state index is 7.85. The van der Waals surface area contributed by atoms with Gasteiger partial charge in [-0.25, -0.2) is 0 Å². The Labute approximate surface area is 601 Å². The van der Waals surface area contributed by atoms with E-state index in [0.717, 1.165) is 96.3 Å². The molecule has 9 heteroatoms. The second-order valence-corrected chi connectivity index (χ2v) is 29.5. The van der Waals surface area contributed by atoms with Crippen LogP contribution in [-0.2, 0) is 5.41 Å². The molecule has 15 aromatic carbocycles. The first-order chi connectivity index (χ1) is 50.8. The number of ether oxygens (including phenoxy) is 1. The Morgan fingerprint density at radius 2 is 0.524 bits per heavy atom. The zero-order chi connectivity index (χ0) is 67.9. The molecule has 0 saturated heterocycles. The van der Waals surface area contributed by atoms with Gasteiger partial charge in [-0.15, -0.1) is 0 Å². The third kappa shape index (κ3) is 8.48. The van der Waals surface area contributed by atoms with Crippen molar-refractivity contribution in [3.63, 3.8) is 0 Å². The number of hydrogen-bond donors (Lipinski definition) is 0.